The van der Waals surface area contributed by atoms with Crippen LogP contribution < -0.4 is 4.72 Å². The van der Waals surface area contributed by atoms with Gasteiger partial charge in [0.2, 0.25) is 10.0 Å². The molecule has 0 spiro atoms. The highest BCUT2D eigenvalue weighted by Crippen LogP contribution is 2.17. The van der Waals surface area contributed by atoms with Gasteiger partial charge in [0.25, 0.3) is 0 Å². The fourth-order valence-electron chi connectivity index (χ4n) is 2.24. The SMILES string of the molecule is CC(C)Cc1cccc(NS(=O)(=O)Cc2ccccc2)c1. The number of sulfonamides is 1. The molecule has 0 saturated heterocycles. The summed E-state index contributed by atoms with van der Waals surface area (Å²) in [6.07, 6.45) is 0.939. The van der Waals surface area contributed by atoms with Crippen molar-refractivity contribution in [1.29, 1.82) is 0 Å². The maximum atomic E-state index is 12.2. The third-order valence-electron chi connectivity index (χ3n) is 3.04. The summed E-state index contributed by atoms with van der Waals surface area (Å²) in [4.78, 5) is 0. The molecule has 0 heterocycles. The first-order valence-electron chi connectivity index (χ1n) is 7.08. The summed E-state index contributed by atoms with van der Waals surface area (Å²) in [7, 11) is -3.38. The molecule has 112 valence electrons. The molecular weight excluding hydrogens is 282 g/mol. The van der Waals surface area contributed by atoms with Crippen LogP contribution in [0.25, 0.3) is 0 Å². The third kappa shape index (κ3) is 5.23. The smallest absolute Gasteiger partial charge is 0.236 e. The molecule has 0 bridgehead atoms. The number of hydrogen-bond donors (Lipinski definition) is 1. The fourth-order valence-corrected chi connectivity index (χ4v) is 3.43. The van der Waals surface area contributed by atoms with Crippen LogP contribution in [0.2, 0.25) is 0 Å². The van der Waals surface area contributed by atoms with Crippen molar-refractivity contribution in [1.82, 2.24) is 0 Å². The summed E-state index contributed by atoms with van der Waals surface area (Å²) in [5.74, 6) is 0.531. The summed E-state index contributed by atoms with van der Waals surface area (Å²) >= 11 is 0. The molecule has 4 heteroatoms. The molecule has 0 atom stereocenters. The van der Waals surface area contributed by atoms with Gasteiger partial charge in [0, 0.05) is 5.69 Å². The van der Waals surface area contributed by atoms with Gasteiger partial charge in [-0.2, -0.15) is 0 Å². The van der Waals surface area contributed by atoms with Crippen molar-refractivity contribution in [2.75, 3.05) is 4.72 Å². The quantitative estimate of drug-likeness (QED) is 0.881. The second-order valence-corrected chi connectivity index (χ2v) is 7.37. The predicted octanol–water partition coefficient (Wildman–Crippen LogP) is 3.83. The molecule has 2 aromatic rings. The molecule has 1 N–H and O–H groups in total. The zero-order valence-corrected chi connectivity index (χ0v) is 13.2. The molecule has 0 amide bonds. The minimum Gasteiger partial charge on any atom is -0.283 e. The van der Waals surface area contributed by atoms with E-state index in [1.54, 1.807) is 6.07 Å². The van der Waals surface area contributed by atoms with E-state index in [0.717, 1.165) is 17.5 Å². The highest BCUT2D eigenvalue weighted by atomic mass is 32.2. The molecule has 0 aliphatic rings. The van der Waals surface area contributed by atoms with E-state index in [1.807, 2.05) is 48.5 Å². The number of anilines is 1. The second-order valence-electron chi connectivity index (χ2n) is 5.65. The summed E-state index contributed by atoms with van der Waals surface area (Å²) in [6, 6.07) is 16.8. The molecule has 0 aliphatic heterocycles. The Hall–Kier alpha value is -1.81. The first kappa shape index (κ1) is 15.6. The Balaban J connectivity index is 2.09. The molecule has 0 radical (unpaired) electrons. The number of hydrogen-bond acceptors (Lipinski definition) is 2. The maximum absolute atomic E-state index is 12.2. The minimum absolute atomic E-state index is 0.0117. The summed E-state index contributed by atoms with van der Waals surface area (Å²) in [6.45, 7) is 4.29. The topological polar surface area (TPSA) is 46.2 Å². The largest absolute Gasteiger partial charge is 0.283 e. The van der Waals surface area contributed by atoms with E-state index in [1.165, 1.54) is 0 Å². The minimum atomic E-state index is -3.38. The van der Waals surface area contributed by atoms with Crippen LogP contribution in [0.3, 0.4) is 0 Å². The Labute approximate surface area is 127 Å². The molecular formula is C17H21NO2S. The fraction of sp³-hybridized carbons (Fsp3) is 0.294. The Kier molecular flexibility index (Phi) is 5.02. The normalized spacial score (nSPS) is 11.6. The highest BCUT2D eigenvalue weighted by Gasteiger charge is 2.11. The van der Waals surface area contributed by atoms with Crippen molar-refractivity contribution in [2.45, 2.75) is 26.0 Å². The van der Waals surface area contributed by atoms with Crippen LogP contribution in [-0.4, -0.2) is 8.42 Å². The van der Waals surface area contributed by atoms with Crippen LogP contribution in [0.5, 0.6) is 0 Å². The van der Waals surface area contributed by atoms with Crippen molar-refractivity contribution in [2.24, 2.45) is 5.92 Å². The predicted molar refractivity (Wildman–Crippen MR) is 87.7 cm³/mol. The van der Waals surface area contributed by atoms with Gasteiger partial charge in [0.15, 0.2) is 0 Å². The monoisotopic (exact) mass is 303 g/mol. The maximum Gasteiger partial charge on any atom is 0.236 e. The first-order valence-corrected chi connectivity index (χ1v) is 8.73. The van der Waals surface area contributed by atoms with E-state index in [9.17, 15) is 8.42 Å². The van der Waals surface area contributed by atoms with Crippen molar-refractivity contribution < 1.29 is 8.42 Å². The van der Waals surface area contributed by atoms with Gasteiger partial charge in [-0.15, -0.1) is 0 Å². The average molecular weight is 303 g/mol. The van der Waals surface area contributed by atoms with Crippen molar-refractivity contribution >= 4 is 15.7 Å². The van der Waals surface area contributed by atoms with Gasteiger partial charge in [0.1, 0.15) is 0 Å². The molecule has 3 nitrogen and oxygen atoms in total. The lowest BCUT2D eigenvalue weighted by Crippen LogP contribution is -2.15. The molecule has 2 aromatic carbocycles. The van der Waals surface area contributed by atoms with Crippen LogP contribution in [0, 0.1) is 5.92 Å². The standard InChI is InChI=1S/C17H21NO2S/c1-14(2)11-16-9-6-10-17(12-16)18-21(19,20)13-15-7-4-3-5-8-15/h3-10,12,14,18H,11,13H2,1-2H3. The van der Waals surface area contributed by atoms with Crippen LogP contribution in [0.1, 0.15) is 25.0 Å². The molecule has 0 aliphatic carbocycles. The lowest BCUT2D eigenvalue weighted by Gasteiger charge is -2.10. The lowest BCUT2D eigenvalue weighted by atomic mass is 10.0. The van der Waals surface area contributed by atoms with E-state index >= 15 is 0 Å². The van der Waals surface area contributed by atoms with Crippen molar-refractivity contribution in [3.63, 3.8) is 0 Å². The van der Waals surface area contributed by atoms with Gasteiger partial charge in [0.05, 0.1) is 5.75 Å². The number of benzene rings is 2. The molecule has 0 saturated carbocycles. The van der Waals surface area contributed by atoms with Gasteiger partial charge in [-0.25, -0.2) is 8.42 Å². The van der Waals surface area contributed by atoms with Crippen LogP contribution in [0.15, 0.2) is 54.6 Å². The van der Waals surface area contributed by atoms with Gasteiger partial charge in [-0.05, 0) is 35.6 Å². The molecule has 21 heavy (non-hydrogen) atoms. The Morgan fingerprint density at radius 1 is 0.952 bits per heavy atom. The average Bonchev–Trinajstić information content (AvgIpc) is 2.38. The van der Waals surface area contributed by atoms with Crippen LogP contribution in [-0.2, 0) is 22.2 Å². The molecule has 0 aromatic heterocycles. The number of rotatable bonds is 6. The number of nitrogens with one attached hydrogen (secondary N) is 1. The van der Waals surface area contributed by atoms with Gasteiger partial charge >= 0.3 is 0 Å². The van der Waals surface area contributed by atoms with E-state index in [4.69, 9.17) is 0 Å². The Morgan fingerprint density at radius 2 is 1.62 bits per heavy atom. The van der Waals surface area contributed by atoms with Gasteiger partial charge in [-0.3, -0.25) is 4.72 Å². The van der Waals surface area contributed by atoms with Crippen molar-refractivity contribution in [3.05, 3.63) is 65.7 Å². The summed E-state index contributed by atoms with van der Waals surface area (Å²) in [5.41, 5.74) is 2.55. The third-order valence-corrected chi connectivity index (χ3v) is 4.30. The van der Waals surface area contributed by atoms with Crippen LogP contribution >= 0.6 is 0 Å². The van der Waals surface area contributed by atoms with E-state index in [-0.39, 0.29) is 5.75 Å². The van der Waals surface area contributed by atoms with Gasteiger partial charge in [-0.1, -0.05) is 56.3 Å². The Morgan fingerprint density at radius 3 is 2.29 bits per heavy atom. The zero-order chi connectivity index (χ0) is 15.3. The van der Waals surface area contributed by atoms with E-state index in [2.05, 4.69) is 18.6 Å². The van der Waals surface area contributed by atoms with E-state index < -0.39 is 10.0 Å². The van der Waals surface area contributed by atoms with E-state index in [0.29, 0.717) is 11.6 Å². The molecule has 0 fully saturated rings. The lowest BCUT2D eigenvalue weighted by molar-refractivity contribution is 0.600. The van der Waals surface area contributed by atoms with Crippen LogP contribution in [0.4, 0.5) is 5.69 Å². The second kappa shape index (κ2) is 6.76. The molecule has 2 rings (SSSR count). The Bertz CT molecular complexity index is 679. The highest BCUT2D eigenvalue weighted by molar-refractivity contribution is 7.91. The first-order chi connectivity index (χ1) is 9.94. The summed E-state index contributed by atoms with van der Waals surface area (Å²) < 4.78 is 27.0. The van der Waals surface area contributed by atoms with Crippen molar-refractivity contribution in [3.8, 4) is 0 Å². The molecule has 0 unspecified atom stereocenters. The summed E-state index contributed by atoms with van der Waals surface area (Å²) in [5, 5.41) is 0. The van der Waals surface area contributed by atoms with Gasteiger partial charge < -0.3 is 0 Å². The zero-order valence-electron chi connectivity index (χ0n) is 12.4.